The highest BCUT2D eigenvalue weighted by Gasteiger charge is 2.06. The van der Waals surface area contributed by atoms with E-state index in [1.807, 2.05) is 6.92 Å². The van der Waals surface area contributed by atoms with Gasteiger partial charge >= 0.3 is 5.97 Å². The van der Waals surface area contributed by atoms with E-state index in [1.165, 1.54) is 25.3 Å². The van der Waals surface area contributed by atoms with Gasteiger partial charge in [-0.15, -0.1) is 0 Å². The molecule has 0 unspecified atom stereocenters. The predicted molar refractivity (Wildman–Crippen MR) is 70.0 cm³/mol. The van der Waals surface area contributed by atoms with Crippen molar-refractivity contribution in [2.24, 2.45) is 0 Å². The first kappa shape index (κ1) is 14.7. The van der Waals surface area contributed by atoms with Gasteiger partial charge in [-0.3, -0.25) is 0 Å². The fraction of sp³-hybridized carbons (Fsp3) is 0.286. The van der Waals surface area contributed by atoms with Crippen LogP contribution in [0.15, 0.2) is 29.8 Å². The Morgan fingerprint density at radius 3 is 2.89 bits per heavy atom. The summed E-state index contributed by atoms with van der Waals surface area (Å²) in [5.74, 6) is -0.909. The molecule has 0 atom stereocenters. The van der Waals surface area contributed by atoms with Crippen molar-refractivity contribution in [2.75, 3.05) is 19.0 Å². The number of nitrogens with zero attached hydrogens (tertiary/aromatic N) is 1. The smallest absolute Gasteiger partial charge is 0.333 e. The van der Waals surface area contributed by atoms with Gasteiger partial charge in [0.1, 0.15) is 11.9 Å². The number of ether oxygens (including phenoxy) is 1. The zero-order valence-electron chi connectivity index (χ0n) is 10.9. The summed E-state index contributed by atoms with van der Waals surface area (Å²) in [6, 6.07) is 5.96. The van der Waals surface area contributed by atoms with Crippen LogP contribution < -0.4 is 5.32 Å². The second-order valence-electron chi connectivity index (χ2n) is 3.76. The minimum absolute atomic E-state index is 0.0161. The molecule has 1 aromatic rings. The number of methoxy groups -OCH3 is 1. The molecular weight excluding hydrogens is 247 g/mol. The lowest BCUT2D eigenvalue weighted by Gasteiger charge is -2.06. The van der Waals surface area contributed by atoms with Crippen LogP contribution in [0.1, 0.15) is 18.9 Å². The molecule has 0 aliphatic rings. The van der Waals surface area contributed by atoms with E-state index in [4.69, 9.17) is 5.26 Å². The number of nitriles is 1. The zero-order chi connectivity index (χ0) is 14.3. The van der Waals surface area contributed by atoms with Gasteiger partial charge in [-0.1, -0.05) is 13.0 Å². The Hall–Kier alpha value is -2.35. The van der Waals surface area contributed by atoms with E-state index >= 15 is 0 Å². The Morgan fingerprint density at radius 2 is 2.32 bits per heavy atom. The summed E-state index contributed by atoms with van der Waals surface area (Å²) in [6.07, 6.45) is 2.28. The topological polar surface area (TPSA) is 62.1 Å². The summed E-state index contributed by atoms with van der Waals surface area (Å²) < 4.78 is 17.7. The Kier molecular flexibility index (Phi) is 5.55. The first-order valence-corrected chi connectivity index (χ1v) is 5.83. The molecule has 0 aliphatic heterocycles. The quantitative estimate of drug-likeness (QED) is 0.654. The maximum absolute atomic E-state index is 13.1. The van der Waals surface area contributed by atoms with Gasteiger partial charge in [0.15, 0.2) is 0 Å². The third kappa shape index (κ3) is 4.11. The fourth-order valence-corrected chi connectivity index (χ4v) is 1.52. The van der Waals surface area contributed by atoms with Crippen molar-refractivity contribution in [3.63, 3.8) is 0 Å². The van der Waals surface area contributed by atoms with E-state index in [1.54, 1.807) is 12.1 Å². The molecule has 1 rings (SSSR count). The van der Waals surface area contributed by atoms with Crippen LogP contribution in [0.3, 0.4) is 0 Å². The molecule has 0 heterocycles. The SMILES string of the molecule is CC/C(=C/CNc1ccc(F)c(C#N)c1)C(=O)OC. The average Bonchev–Trinajstić information content (AvgIpc) is 2.44. The zero-order valence-corrected chi connectivity index (χ0v) is 10.9. The van der Waals surface area contributed by atoms with E-state index in [0.717, 1.165) is 0 Å². The highest BCUT2D eigenvalue weighted by molar-refractivity contribution is 5.88. The van der Waals surface area contributed by atoms with Gasteiger partial charge in [-0.2, -0.15) is 5.26 Å². The molecule has 5 heteroatoms. The minimum atomic E-state index is -0.549. The molecule has 0 radical (unpaired) electrons. The van der Waals surface area contributed by atoms with E-state index in [-0.39, 0.29) is 11.5 Å². The van der Waals surface area contributed by atoms with Crippen LogP contribution in [0.4, 0.5) is 10.1 Å². The normalized spacial score (nSPS) is 10.7. The lowest BCUT2D eigenvalue weighted by atomic mass is 10.2. The molecule has 0 saturated heterocycles. The third-order valence-electron chi connectivity index (χ3n) is 2.57. The number of nitrogens with one attached hydrogen (secondary N) is 1. The Bertz CT molecular complexity index is 533. The van der Waals surface area contributed by atoms with Gasteiger partial charge in [0.25, 0.3) is 0 Å². The fourth-order valence-electron chi connectivity index (χ4n) is 1.52. The van der Waals surface area contributed by atoms with Crippen LogP contribution in [-0.2, 0) is 9.53 Å². The maximum Gasteiger partial charge on any atom is 0.333 e. The van der Waals surface area contributed by atoms with Crippen LogP contribution in [0, 0.1) is 17.1 Å². The largest absolute Gasteiger partial charge is 0.466 e. The Morgan fingerprint density at radius 1 is 1.58 bits per heavy atom. The van der Waals surface area contributed by atoms with Crippen molar-refractivity contribution in [3.05, 3.63) is 41.2 Å². The highest BCUT2D eigenvalue weighted by atomic mass is 19.1. The van der Waals surface area contributed by atoms with Crippen molar-refractivity contribution >= 4 is 11.7 Å². The summed E-state index contributed by atoms with van der Waals surface area (Å²) in [6.45, 7) is 2.25. The molecule has 0 aliphatic carbocycles. The molecule has 0 spiro atoms. The second-order valence-corrected chi connectivity index (χ2v) is 3.76. The molecule has 0 saturated carbocycles. The lowest BCUT2D eigenvalue weighted by molar-refractivity contribution is -0.136. The van der Waals surface area contributed by atoms with Gasteiger partial charge in [0.2, 0.25) is 0 Å². The summed E-state index contributed by atoms with van der Waals surface area (Å²) in [7, 11) is 1.33. The van der Waals surface area contributed by atoms with E-state index in [9.17, 15) is 9.18 Å². The number of benzene rings is 1. The molecule has 19 heavy (non-hydrogen) atoms. The molecule has 0 bridgehead atoms. The van der Waals surface area contributed by atoms with Gasteiger partial charge in [0.05, 0.1) is 12.7 Å². The maximum atomic E-state index is 13.1. The molecule has 1 aromatic carbocycles. The van der Waals surface area contributed by atoms with Crippen LogP contribution in [0.5, 0.6) is 0 Å². The summed E-state index contributed by atoms with van der Waals surface area (Å²) in [5.41, 5.74) is 1.17. The van der Waals surface area contributed by atoms with Crippen molar-refractivity contribution in [3.8, 4) is 6.07 Å². The van der Waals surface area contributed by atoms with Crippen LogP contribution in [0.2, 0.25) is 0 Å². The number of hydrogen-bond donors (Lipinski definition) is 1. The number of carbonyl (C=O) groups is 1. The van der Waals surface area contributed by atoms with Crippen LogP contribution in [-0.4, -0.2) is 19.6 Å². The van der Waals surface area contributed by atoms with E-state index < -0.39 is 5.82 Å². The third-order valence-corrected chi connectivity index (χ3v) is 2.57. The van der Waals surface area contributed by atoms with Crippen molar-refractivity contribution in [1.29, 1.82) is 5.26 Å². The van der Waals surface area contributed by atoms with Gasteiger partial charge in [-0.25, -0.2) is 9.18 Å². The molecule has 100 valence electrons. The predicted octanol–water partition coefficient (Wildman–Crippen LogP) is 2.62. The number of halogens is 1. The first-order valence-electron chi connectivity index (χ1n) is 5.83. The van der Waals surface area contributed by atoms with Gasteiger partial charge in [0, 0.05) is 17.8 Å². The standard InChI is InChI=1S/C14H15FN2O2/c1-3-10(14(18)19-2)6-7-17-12-4-5-13(15)11(8-12)9-16/h4-6,8,17H,3,7H2,1-2H3/b10-6-. The molecule has 4 nitrogen and oxygen atoms in total. The summed E-state index contributed by atoms with van der Waals surface area (Å²) in [5, 5.41) is 11.7. The number of hydrogen-bond acceptors (Lipinski definition) is 4. The van der Waals surface area contributed by atoms with E-state index in [2.05, 4.69) is 10.1 Å². The molecule has 0 amide bonds. The van der Waals surface area contributed by atoms with E-state index in [0.29, 0.717) is 24.2 Å². The number of carbonyl (C=O) groups excluding carboxylic acids is 1. The van der Waals surface area contributed by atoms with Crippen molar-refractivity contribution in [1.82, 2.24) is 0 Å². The minimum Gasteiger partial charge on any atom is -0.466 e. The Labute approximate surface area is 111 Å². The number of rotatable bonds is 5. The summed E-state index contributed by atoms with van der Waals surface area (Å²) in [4.78, 5) is 11.3. The Balaban J connectivity index is 2.70. The molecular formula is C14H15FN2O2. The first-order chi connectivity index (χ1) is 9.12. The molecule has 0 fully saturated rings. The second kappa shape index (κ2) is 7.17. The number of esters is 1. The van der Waals surface area contributed by atoms with Crippen LogP contribution in [0.25, 0.3) is 0 Å². The molecule has 1 N–H and O–H groups in total. The van der Waals surface area contributed by atoms with Crippen molar-refractivity contribution < 1.29 is 13.9 Å². The number of anilines is 1. The average molecular weight is 262 g/mol. The van der Waals surface area contributed by atoms with Gasteiger partial charge in [-0.05, 0) is 24.6 Å². The van der Waals surface area contributed by atoms with Gasteiger partial charge < -0.3 is 10.1 Å². The monoisotopic (exact) mass is 262 g/mol. The lowest BCUT2D eigenvalue weighted by Crippen LogP contribution is -2.07. The van der Waals surface area contributed by atoms with Crippen LogP contribution >= 0.6 is 0 Å². The highest BCUT2D eigenvalue weighted by Crippen LogP contribution is 2.14. The molecule has 0 aromatic heterocycles. The van der Waals surface area contributed by atoms with Crippen molar-refractivity contribution in [2.45, 2.75) is 13.3 Å². The summed E-state index contributed by atoms with van der Waals surface area (Å²) >= 11 is 0.